The predicted molar refractivity (Wildman–Crippen MR) is 90.7 cm³/mol. The fourth-order valence-corrected chi connectivity index (χ4v) is 4.56. The monoisotopic (exact) mass is 309 g/mol. The number of nitrogens with one attached hydrogen (secondary N) is 1. The number of carbonyl (C=O) groups is 1. The van der Waals surface area contributed by atoms with Crippen molar-refractivity contribution in [2.75, 3.05) is 6.61 Å². The molecule has 0 aromatic carbocycles. The Labute approximate surface area is 136 Å². The molecule has 0 aromatic heterocycles. The fraction of sp³-hybridized carbons (Fsp3) is 0.947. The van der Waals surface area contributed by atoms with Crippen LogP contribution in [-0.2, 0) is 9.53 Å². The van der Waals surface area contributed by atoms with Gasteiger partial charge in [0.2, 0.25) is 0 Å². The van der Waals surface area contributed by atoms with E-state index in [2.05, 4.69) is 39.9 Å². The Morgan fingerprint density at radius 1 is 1.14 bits per heavy atom. The SMILES string of the molecule is CCCC1CCC(C(=O)OCC2CC(C)(C)NC2(C)C)CC1. The summed E-state index contributed by atoms with van der Waals surface area (Å²) in [5.74, 6) is 1.45. The Morgan fingerprint density at radius 3 is 2.27 bits per heavy atom. The van der Waals surface area contributed by atoms with Gasteiger partial charge in [-0.25, -0.2) is 0 Å². The van der Waals surface area contributed by atoms with Crippen molar-refractivity contribution in [3.63, 3.8) is 0 Å². The van der Waals surface area contributed by atoms with Gasteiger partial charge in [-0.1, -0.05) is 19.8 Å². The normalized spacial score (nSPS) is 33.6. The largest absolute Gasteiger partial charge is 0.465 e. The molecule has 1 aliphatic heterocycles. The highest BCUT2D eigenvalue weighted by Crippen LogP contribution is 2.37. The van der Waals surface area contributed by atoms with Gasteiger partial charge in [0.05, 0.1) is 12.5 Å². The summed E-state index contributed by atoms with van der Waals surface area (Å²) in [6, 6.07) is 0. The summed E-state index contributed by atoms with van der Waals surface area (Å²) >= 11 is 0. The molecule has 1 heterocycles. The summed E-state index contributed by atoms with van der Waals surface area (Å²) in [4.78, 5) is 12.3. The molecule has 3 nitrogen and oxygen atoms in total. The summed E-state index contributed by atoms with van der Waals surface area (Å²) in [5, 5.41) is 3.65. The first-order valence-corrected chi connectivity index (χ1v) is 9.19. The smallest absolute Gasteiger partial charge is 0.308 e. The molecule has 0 aromatic rings. The zero-order valence-corrected chi connectivity index (χ0v) is 15.2. The zero-order valence-electron chi connectivity index (χ0n) is 15.2. The van der Waals surface area contributed by atoms with Gasteiger partial charge in [-0.2, -0.15) is 0 Å². The van der Waals surface area contributed by atoms with E-state index in [4.69, 9.17) is 4.74 Å². The van der Waals surface area contributed by atoms with E-state index in [0.717, 1.165) is 25.2 Å². The average molecular weight is 309 g/mol. The molecule has 1 N–H and O–H groups in total. The Morgan fingerprint density at radius 2 is 1.77 bits per heavy atom. The van der Waals surface area contributed by atoms with Gasteiger partial charge >= 0.3 is 5.97 Å². The van der Waals surface area contributed by atoms with Gasteiger partial charge in [0.15, 0.2) is 0 Å². The molecule has 22 heavy (non-hydrogen) atoms. The van der Waals surface area contributed by atoms with E-state index in [1.54, 1.807) is 0 Å². The topological polar surface area (TPSA) is 38.3 Å². The molecular formula is C19H35NO2. The first-order chi connectivity index (χ1) is 10.2. The second kappa shape index (κ2) is 6.90. The van der Waals surface area contributed by atoms with Gasteiger partial charge in [-0.05, 0) is 65.7 Å². The number of rotatable bonds is 5. The Hall–Kier alpha value is -0.570. The van der Waals surface area contributed by atoms with Crippen molar-refractivity contribution in [1.29, 1.82) is 0 Å². The minimum absolute atomic E-state index is 0.0442. The molecule has 0 amide bonds. The lowest BCUT2D eigenvalue weighted by Crippen LogP contribution is -2.46. The van der Waals surface area contributed by atoms with Gasteiger partial charge in [0.1, 0.15) is 0 Å². The van der Waals surface area contributed by atoms with Crippen LogP contribution in [0.25, 0.3) is 0 Å². The van der Waals surface area contributed by atoms with E-state index in [1.165, 1.54) is 25.7 Å². The molecule has 2 fully saturated rings. The maximum atomic E-state index is 12.3. The lowest BCUT2D eigenvalue weighted by atomic mass is 9.80. The molecule has 1 saturated heterocycles. The number of carbonyl (C=O) groups excluding carboxylic acids is 1. The van der Waals surface area contributed by atoms with E-state index in [-0.39, 0.29) is 23.0 Å². The molecule has 1 saturated carbocycles. The van der Waals surface area contributed by atoms with Crippen molar-refractivity contribution in [2.24, 2.45) is 17.8 Å². The van der Waals surface area contributed by atoms with Gasteiger partial charge in [0, 0.05) is 17.0 Å². The van der Waals surface area contributed by atoms with Crippen molar-refractivity contribution in [3.05, 3.63) is 0 Å². The first kappa shape index (κ1) is 17.8. The summed E-state index contributed by atoms with van der Waals surface area (Å²) in [6.45, 7) is 11.7. The van der Waals surface area contributed by atoms with E-state index in [0.29, 0.717) is 12.5 Å². The fourth-order valence-electron chi connectivity index (χ4n) is 4.56. The molecule has 0 spiro atoms. The molecular weight excluding hydrogens is 274 g/mol. The van der Waals surface area contributed by atoms with Gasteiger partial charge in [-0.3, -0.25) is 4.79 Å². The molecule has 0 radical (unpaired) electrons. The lowest BCUT2D eigenvalue weighted by Gasteiger charge is -2.30. The quantitative estimate of drug-likeness (QED) is 0.769. The number of esters is 1. The van der Waals surface area contributed by atoms with Crippen molar-refractivity contribution in [3.8, 4) is 0 Å². The van der Waals surface area contributed by atoms with Crippen molar-refractivity contribution >= 4 is 5.97 Å². The highest BCUT2D eigenvalue weighted by atomic mass is 16.5. The number of ether oxygens (including phenoxy) is 1. The van der Waals surface area contributed by atoms with Crippen molar-refractivity contribution in [1.82, 2.24) is 5.32 Å². The molecule has 1 atom stereocenters. The third-order valence-corrected chi connectivity index (χ3v) is 5.74. The zero-order chi connectivity index (χ0) is 16.4. The van der Waals surface area contributed by atoms with Crippen molar-refractivity contribution in [2.45, 2.75) is 90.6 Å². The highest BCUT2D eigenvalue weighted by molar-refractivity contribution is 5.72. The molecule has 2 rings (SSSR count). The maximum Gasteiger partial charge on any atom is 0.308 e. The predicted octanol–water partition coefficient (Wildman–Crippen LogP) is 4.30. The number of hydrogen-bond acceptors (Lipinski definition) is 3. The Balaban J connectivity index is 1.77. The standard InChI is InChI=1S/C19H35NO2/c1-6-7-14-8-10-15(11-9-14)17(21)22-13-16-12-18(2,3)20-19(16,4)5/h14-16,20H,6-13H2,1-5H3. The van der Waals surface area contributed by atoms with Crippen molar-refractivity contribution < 1.29 is 9.53 Å². The highest BCUT2D eigenvalue weighted by Gasteiger charge is 2.44. The van der Waals surface area contributed by atoms with Crippen LogP contribution in [0.4, 0.5) is 0 Å². The Kier molecular flexibility index (Phi) is 5.58. The van der Waals surface area contributed by atoms with Crippen LogP contribution in [0.3, 0.4) is 0 Å². The second-order valence-electron chi connectivity index (χ2n) is 8.77. The molecule has 1 unspecified atom stereocenters. The third kappa shape index (κ3) is 4.47. The van der Waals surface area contributed by atoms with Gasteiger partial charge < -0.3 is 10.1 Å². The van der Waals surface area contributed by atoms with Crippen LogP contribution >= 0.6 is 0 Å². The molecule has 1 aliphatic carbocycles. The minimum Gasteiger partial charge on any atom is -0.465 e. The van der Waals surface area contributed by atoms with E-state index in [1.807, 2.05) is 0 Å². The van der Waals surface area contributed by atoms with Gasteiger partial charge in [-0.15, -0.1) is 0 Å². The van der Waals surface area contributed by atoms with Crippen LogP contribution in [0.15, 0.2) is 0 Å². The van der Waals surface area contributed by atoms with Crippen LogP contribution in [0.1, 0.15) is 79.6 Å². The lowest BCUT2D eigenvalue weighted by molar-refractivity contribution is -0.151. The second-order valence-corrected chi connectivity index (χ2v) is 8.77. The molecule has 128 valence electrons. The van der Waals surface area contributed by atoms with E-state index >= 15 is 0 Å². The first-order valence-electron chi connectivity index (χ1n) is 9.19. The molecule has 0 bridgehead atoms. The van der Waals surface area contributed by atoms with Crippen LogP contribution in [0.2, 0.25) is 0 Å². The third-order valence-electron chi connectivity index (χ3n) is 5.74. The van der Waals surface area contributed by atoms with E-state index < -0.39 is 0 Å². The van der Waals surface area contributed by atoms with Crippen LogP contribution in [0.5, 0.6) is 0 Å². The number of hydrogen-bond donors (Lipinski definition) is 1. The molecule has 3 heteroatoms. The summed E-state index contributed by atoms with van der Waals surface area (Å²) < 4.78 is 5.71. The van der Waals surface area contributed by atoms with E-state index in [9.17, 15) is 4.79 Å². The van der Waals surface area contributed by atoms with Crippen LogP contribution < -0.4 is 5.32 Å². The summed E-state index contributed by atoms with van der Waals surface area (Å²) in [7, 11) is 0. The maximum absolute atomic E-state index is 12.3. The molecule has 2 aliphatic rings. The van der Waals surface area contributed by atoms with Gasteiger partial charge in [0.25, 0.3) is 0 Å². The summed E-state index contributed by atoms with van der Waals surface area (Å²) in [6.07, 6.45) is 8.12. The average Bonchev–Trinajstić information content (AvgIpc) is 2.64. The summed E-state index contributed by atoms with van der Waals surface area (Å²) in [5.41, 5.74) is 0.182. The minimum atomic E-state index is 0.0442. The Bertz CT molecular complexity index is 381. The van der Waals surface area contributed by atoms with Crippen LogP contribution in [0, 0.1) is 17.8 Å². The van der Waals surface area contributed by atoms with Crippen LogP contribution in [-0.4, -0.2) is 23.7 Å².